The number of aliphatic hydroxyl groups is 1. The molecule has 0 saturated carbocycles. The summed E-state index contributed by atoms with van der Waals surface area (Å²) in [4.78, 5) is 14.2. The normalized spacial score (nSPS) is 18.2. The number of piperidine rings is 1. The number of carbonyl (C=O) groups excluding carboxylic acids is 1. The monoisotopic (exact) mass is 263 g/mol. The van der Waals surface area contributed by atoms with E-state index >= 15 is 0 Å². The lowest BCUT2D eigenvalue weighted by Gasteiger charge is -2.36. The maximum absolute atomic E-state index is 12.5. The first-order chi connectivity index (χ1) is 8.93. The van der Waals surface area contributed by atoms with Crippen molar-refractivity contribution >= 4 is 11.6 Å². The fraction of sp³-hybridized carbons (Fsp3) is 0.500. The Morgan fingerprint density at radius 3 is 2.63 bits per heavy atom. The van der Waals surface area contributed by atoms with Crippen LogP contribution in [0.25, 0.3) is 0 Å². The van der Waals surface area contributed by atoms with Crippen LogP contribution in [0.4, 0.5) is 5.69 Å². The van der Waals surface area contributed by atoms with Crippen LogP contribution in [0.5, 0.6) is 0 Å². The third kappa shape index (κ3) is 3.05. The molecule has 5 nitrogen and oxygen atoms in total. The summed E-state index contributed by atoms with van der Waals surface area (Å²) in [6.07, 6.45) is 1.21. The van der Waals surface area contributed by atoms with Gasteiger partial charge in [0.2, 0.25) is 0 Å². The highest BCUT2D eigenvalue weighted by atomic mass is 16.3. The van der Waals surface area contributed by atoms with Gasteiger partial charge in [0.25, 0.3) is 5.91 Å². The van der Waals surface area contributed by atoms with E-state index in [1.807, 2.05) is 26.0 Å². The second kappa shape index (κ2) is 5.19. The van der Waals surface area contributed by atoms with Gasteiger partial charge in [0.05, 0.1) is 16.9 Å². The van der Waals surface area contributed by atoms with Gasteiger partial charge in [0.1, 0.15) is 0 Å². The van der Waals surface area contributed by atoms with Crippen LogP contribution in [-0.2, 0) is 0 Å². The van der Waals surface area contributed by atoms with Crippen LogP contribution >= 0.6 is 0 Å². The lowest BCUT2D eigenvalue weighted by atomic mass is 9.93. The average molecular weight is 263 g/mol. The summed E-state index contributed by atoms with van der Waals surface area (Å²) in [6, 6.07) is 5.54. The quantitative estimate of drug-likeness (QED) is 0.554. The number of nitrogens with zero attached hydrogens (tertiary/aromatic N) is 1. The SMILES string of the molecule is Cc1ccc(C(=O)N2CCC(C)(O)CC2)c(NN)c1. The summed E-state index contributed by atoms with van der Waals surface area (Å²) in [7, 11) is 0. The number of hydrazine groups is 1. The number of nitrogens with two attached hydrogens (primary N) is 1. The van der Waals surface area contributed by atoms with E-state index in [0.29, 0.717) is 37.2 Å². The van der Waals surface area contributed by atoms with Crippen molar-refractivity contribution in [1.29, 1.82) is 0 Å². The molecule has 0 bridgehead atoms. The van der Waals surface area contributed by atoms with Gasteiger partial charge in [-0.25, -0.2) is 0 Å². The molecule has 5 heteroatoms. The van der Waals surface area contributed by atoms with Crippen LogP contribution in [0.15, 0.2) is 18.2 Å². The van der Waals surface area contributed by atoms with Gasteiger partial charge >= 0.3 is 0 Å². The van der Waals surface area contributed by atoms with Crippen molar-refractivity contribution in [2.45, 2.75) is 32.3 Å². The molecule has 1 aliphatic rings. The van der Waals surface area contributed by atoms with Crippen molar-refractivity contribution in [1.82, 2.24) is 4.90 Å². The smallest absolute Gasteiger partial charge is 0.256 e. The highest BCUT2D eigenvalue weighted by Crippen LogP contribution is 2.24. The molecule has 0 spiro atoms. The Bertz CT molecular complexity index is 476. The molecule has 1 amide bonds. The fourth-order valence-electron chi connectivity index (χ4n) is 2.33. The van der Waals surface area contributed by atoms with Crippen LogP contribution in [0.3, 0.4) is 0 Å². The van der Waals surface area contributed by atoms with Gasteiger partial charge in [-0.3, -0.25) is 10.6 Å². The topological polar surface area (TPSA) is 78.6 Å². The second-order valence-electron chi connectivity index (χ2n) is 5.48. The Morgan fingerprint density at radius 2 is 2.05 bits per heavy atom. The predicted molar refractivity (Wildman–Crippen MR) is 74.8 cm³/mol. The van der Waals surface area contributed by atoms with E-state index < -0.39 is 5.60 Å². The maximum Gasteiger partial charge on any atom is 0.256 e. The number of nitrogen functional groups attached to an aromatic ring is 1. The number of rotatable bonds is 2. The minimum absolute atomic E-state index is 0.0385. The Hall–Kier alpha value is -1.59. The summed E-state index contributed by atoms with van der Waals surface area (Å²) < 4.78 is 0. The Balaban J connectivity index is 2.16. The number of carbonyl (C=O) groups is 1. The molecule has 0 aromatic heterocycles. The number of likely N-dealkylation sites (tertiary alicyclic amines) is 1. The third-order valence-electron chi connectivity index (χ3n) is 3.69. The van der Waals surface area contributed by atoms with Crippen molar-refractivity contribution in [3.05, 3.63) is 29.3 Å². The lowest BCUT2D eigenvalue weighted by molar-refractivity contribution is -0.00199. The first-order valence-corrected chi connectivity index (χ1v) is 6.52. The van der Waals surface area contributed by atoms with Crippen molar-refractivity contribution < 1.29 is 9.90 Å². The Kier molecular flexibility index (Phi) is 3.78. The molecule has 0 unspecified atom stereocenters. The molecule has 0 atom stereocenters. The molecule has 1 fully saturated rings. The standard InChI is InChI=1S/C14H21N3O2/c1-10-3-4-11(12(9-10)16-15)13(18)17-7-5-14(2,19)6-8-17/h3-4,9,16,19H,5-8,15H2,1-2H3. The number of hydrogen-bond donors (Lipinski definition) is 3. The molecule has 0 aliphatic carbocycles. The van der Waals surface area contributed by atoms with Gasteiger partial charge in [0, 0.05) is 13.1 Å². The number of amides is 1. The van der Waals surface area contributed by atoms with E-state index in [1.54, 1.807) is 11.0 Å². The zero-order valence-electron chi connectivity index (χ0n) is 11.4. The third-order valence-corrected chi connectivity index (χ3v) is 3.69. The summed E-state index contributed by atoms with van der Waals surface area (Å²) in [5, 5.41) is 9.91. The lowest BCUT2D eigenvalue weighted by Crippen LogP contribution is -2.45. The molecule has 0 radical (unpaired) electrons. The molecule has 4 N–H and O–H groups in total. The molecular formula is C14H21N3O2. The highest BCUT2D eigenvalue weighted by Gasteiger charge is 2.30. The molecule has 1 aliphatic heterocycles. The van der Waals surface area contributed by atoms with Crippen molar-refractivity contribution in [3.63, 3.8) is 0 Å². The van der Waals surface area contributed by atoms with Crippen LogP contribution in [0.2, 0.25) is 0 Å². The molecule has 1 aromatic carbocycles. The summed E-state index contributed by atoms with van der Waals surface area (Å²) in [5.41, 5.74) is 4.19. The summed E-state index contributed by atoms with van der Waals surface area (Å²) in [5.74, 6) is 5.43. The number of anilines is 1. The highest BCUT2D eigenvalue weighted by molar-refractivity contribution is 5.99. The number of hydrogen-bond acceptors (Lipinski definition) is 4. The van der Waals surface area contributed by atoms with E-state index in [1.165, 1.54) is 0 Å². The predicted octanol–water partition coefficient (Wildman–Crippen LogP) is 1.27. The molecule has 1 aromatic rings. The molecule has 19 heavy (non-hydrogen) atoms. The zero-order chi connectivity index (χ0) is 14.0. The van der Waals surface area contributed by atoms with E-state index in [4.69, 9.17) is 5.84 Å². The average Bonchev–Trinajstić information content (AvgIpc) is 2.37. The van der Waals surface area contributed by atoms with Gasteiger partial charge in [-0.1, -0.05) is 6.07 Å². The Labute approximate surface area is 113 Å². The molecule has 104 valence electrons. The number of benzene rings is 1. The van der Waals surface area contributed by atoms with Gasteiger partial charge in [-0.15, -0.1) is 0 Å². The second-order valence-corrected chi connectivity index (χ2v) is 5.48. The number of aryl methyl sites for hydroxylation is 1. The van der Waals surface area contributed by atoms with Gasteiger partial charge in [0.15, 0.2) is 0 Å². The van der Waals surface area contributed by atoms with Crippen LogP contribution < -0.4 is 11.3 Å². The van der Waals surface area contributed by atoms with Crippen molar-refractivity contribution in [2.24, 2.45) is 5.84 Å². The molecule has 1 heterocycles. The molecule has 2 rings (SSSR count). The van der Waals surface area contributed by atoms with Gasteiger partial charge in [-0.2, -0.15) is 0 Å². The largest absolute Gasteiger partial charge is 0.390 e. The first-order valence-electron chi connectivity index (χ1n) is 6.52. The van der Waals surface area contributed by atoms with Crippen LogP contribution in [-0.4, -0.2) is 34.6 Å². The minimum Gasteiger partial charge on any atom is -0.390 e. The van der Waals surface area contributed by atoms with Crippen LogP contribution in [0, 0.1) is 6.92 Å². The zero-order valence-corrected chi connectivity index (χ0v) is 11.4. The van der Waals surface area contributed by atoms with Crippen molar-refractivity contribution in [2.75, 3.05) is 18.5 Å². The minimum atomic E-state index is -0.654. The maximum atomic E-state index is 12.5. The van der Waals surface area contributed by atoms with E-state index in [-0.39, 0.29) is 5.91 Å². The van der Waals surface area contributed by atoms with E-state index in [2.05, 4.69) is 5.43 Å². The first kappa shape index (κ1) is 13.8. The summed E-state index contributed by atoms with van der Waals surface area (Å²) >= 11 is 0. The van der Waals surface area contributed by atoms with Gasteiger partial charge in [-0.05, 0) is 44.4 Å². The fourth-order valence-corrected chi connectivity index (χ4v) is 2.33. The van der Waals surface area contributed by atoms with Crippen molar-refractivity contribution in [3.8, 4) is 0 Å². The molecule has 1 saturated heterocycles. The Morgan fingerprint density at radius 1 is 1.42 bits per heavy atom. The van der Waals surface area contributed by atoms with Gasteiger partial charge < -0.3 is 15.4 Å². The number of nitrogens with one attached hydrogen (secondary N) is 1. The summed E-state index contributed by atoms with van der Waals surface area (Å²) in [6.45, 7) is 4.91. The molecular weight excluding hydrogens is 242 g/mol. The van der Waals surface area contributed by atoms with Crippen LogP contribution in [0.1, 0.15) is 35.7 Å². The van der Waals surface area contributed by atoms with E-state index in [0.717, 1.165) is 5.56 Å². The van der Waals surface area contributed by atoms with E-state index in [9.17, 15) is 9.90 Å².